The zero-order valence-corrected chi connectivity index (χ0v) is 12.9. The summed E-state index contributed by atoms with van der Waals surface area (Å²) in [6.45, 7) is 8.88. The van der Waals surface area contributed by atoms with E-state index in [4.69, 9.17) is 4.74 Å². The highest BCUT2D eigenvalue weighted by Crippen LogP contribution is 2.35. The van der Waals surface area contributed by atoms with Gasteiger partial charge in [0.2, 0.25) is 11.8 Å². The molecule has 2 atom stereocenters. The monoisotopic (exact) mass is 282 g/mol. The number of ether oxygens (including phenoxy) is 1. The standard InChI is InChI=1S/C15H26N2O3/c1-5-11-13(18)16-12(10-7-8-10)14(19)17(11)9-15(3,4)20-6-2/h10-12H,5-9H2,1-4H3,(H,16,18). The van der Waals surface area contributed by atoms with Crippen LogP contribution in [-0.4, -0.2) is 47.6 Å². The predicted molar refractivity (Wildman–Crippen MR) is 76.2 cm³/mol. The Kier molecular flexibility index (Phi) is 4.37. The first kappa shape index (κ1) is 15.3. The van der Waals surface area contributed by atoms with Crippen LogP contribution in [0.2, 0.25) is 0 Å². The fourth-order valence-electron chi connectivity index (χ4n) is 2.97. The van der Waals surface area contributed by atoms with Crippen molar-refractivity contribution in [2.24, 2.45) is 5.92 Å². The van der Waals surface area contributed by atoms with E-state index in [0.717, 1.165) is 12.8 Å². The average molecular weight is 282 g/mol. The fourth-order valence-corrected chi connectivity index (χ4v) is 2.97. The van der Waals surface area contributed by atoms with Gasteiger partial charge in [-0.2, -0.15) is 0 Å². The highest BCUT2D eigenvalue weighted by atomic mass is 16.5. The van der Waals surface area contributed by atoms with Gasteiger partial charge in [0.05, 0.1) is 12.1 Å². The van der Waals surface area contributed by atoms with Crippen molar-refractivity contribution in [1.29, 1.82) is 0 Å². The largest absolute Gasteiger partial charge is 0.374 e. The minimum Gasteiger partial charge on any atom is -0.374 e. The first-order valence-corrected chi connectivity index (χ1v) is 7.64. The van der Waals surface area contributed by atoms with Crippen LogP contribution in [0.25, 0.3) is 0 Å². The zero-order chi connectivity index (χ0) is 14.9. The molecule has 2 amide bonds. The lowest BCUT2D eigenvalue weighted by atomic mass is 9.99. The summed E-state index contributed by atoms with van der Waals surface area (Å²) in [6.07, 6.45) is 2.71. The van der Waals surface area contributed by atoms with Crippen LogP contribution in [-0.2, 0) is 14.3 Å². The normalized spacial score (nSPS) is 27.7. The van der Waals surface area contributed by atoms with Gasteiger partial charge in [-0.3, -0.25) is 9.59 Å². The molecule has 1 saturated heterocycles. The van der Waals surface area contributed by atoms with Crippen molar-refractivity contribution in [3.8, 4) is 0 Å². The van der Waals surface area contributed by atoms with Gasteiger partial charge < -0.3 is 15.0 Å². The molecule has 0 spiro atoms. The summed E-state index contributed by atoms with van der Waals surface area (Å²) >= 11 is 0. The minimum atomic E-state index is -0.427. The van der Waals surface area contributed by atoms with Crippen molar-refractivity contribution in [2.45, 2.75) is 64.6 Å². The maximum atomic E-state index is 12.7. The molecule has 2 aliphatic rings. The molecule has 2 rings (SSSR count). The third kappa shape index (κ3) is 3.14. The SMILES string of the molecule is CCOC(C)(C)CN1C(=O)C(C2CC2)NC(=O)C1CC. The molecule has 2 fully saturated rings. The van der Waals surface area contributed by atoms with Gasteiger partial charge in [0.15, 0.2) is 0 Å². The van der Waals surface area contributed by atoms with Gasteiger partial charge in [0.1, 0.15) is 12.1 Å². The quantitative estimate of drug-likeness (QED) is 0.799. The lowest BCUT2D eigenvalue weighted by Crippen LogP contribution is -2.65. The van der Waals surface area contributed by atoms with E-state index >= 15 is 0 Å². The summed E-state index contributed by atoms with van der Waals surface area (Å²) in [6, 6.07) is -0.681. The van der Waals surface area contributed by atoms with E-state index in [1.54, 1.807) is 4.90 Å². The summed E-state index contributed by atoms with van der Waals surface area (Å²) in [5, 5.41) is 2.91. The van der Waals surface area contributed by atoms with E-state index in [1.807, 2.05) is 27.7 Å². The molecule has 1 saturated carbocycles. The number of nitrogens with zero attached hydrogens (tertiary/aromatic N) is 1. The molecule has 1 N–H and O–H groups in total. The molecule has 0 aromatic heterocycles. The van der Waals surface area contributed by atoms with Gasteiger partial charge in [0.25, 0.3) is 0 Å². The Morgan fingerprint density at radius 1 is 1.30 bits per heavy atom. The summed E-state index contributed by atoms with van der Waals surface area (Å²) in [5.41, 5.74) is -0.427. The molecular formula is C15H26N2O3. The summed E-state index contributed by atoms with van der Waals surface area (Å²) < 4.78 is 5.69. The third-order valence-corrected chi connectivity index (χ3v) is 4.09. The average Bonchev–Trinajstić information content (AvgIpc) is 3.17. The molecule has 0 aromatic carbocycles. The molecular weight excluding hydrogens is 256 g/mol. The van der Waals surface area contributed by atoms with Crippen LogP contribution >= 0.6 is 0 Å². The fraction of sp³-hybridized carbons (Fsp3) is 0.867. The van der Waals surface area contributed by atoms with E-state index < -0.39 is 5.60 Å². The van der Waals surface area contributed by atoms with Crippen LogP contribution in [0.4, 0.5) is 0 Å². The second-order valence-electron chi connectivity index (χ2n) is 6.41. The smallest absolute Gasteiger partial charge is 0.246 e. The molecule has 20 heavy (non-hydrogen) atoms. The summed E-state index contributed by atoms with van der Waals surface area (Å²) in [7, 11) is 0. The zero-order valence-electron chi connectivity index (χ0n) is 12.9. The Morgan fingerprint density at radius 3 is 2.45 bits per heavy atom. The number of carbonyl (C=O) groups excluding carboxylic acids is 2. The predicted octanol–water partition coefficient (Wildman–Crippen LogP) is 1.32. The van der Waals surface area contributed by atoms with E-state index in [0.29, 0.717) is 25.5 Å². The second-order valence-corrected chi connectivity index (χ2v) is 6.41. The number of nitrogens with one attached hydrogen (secondary N) is 1. The highest BCUT2D eigenvalue weighted by molar-refractivity contribution is 5.97. The lowest BCUT2D eigenvalue weighted by molar-refractivity contribution is -0.154. The maximum absolute atomic E-state index is 12.7. The minimum absolute atomic E-state index is 0.0173. The number of piperazine rings is 1. The molecule has 0 radical (unpaired) electrons. The first-order chi connectivity index (χ1) is 9.39. The van der Waals surface area contributed by atoms with Gasteiger partial charge in [-0.15, -0.1) is 0 Å². The molecule has 5 heteroatoms. The van der Waals surface area contributed by atoms with E-state index in [2.05, 4.69) is 5.32 Å². The van der Waals surface area contributed by atoms with E-state index in [-0.39, 0.29) is 23.9 Å². The van der Waals surface area contributed by atoms with Crippen molar-refractivity contribution in [3.05, 3.63) is 0 Å². The van der Waals surface area contributed by atoms with Gasteiger partial charge in [-0.1, -0.05) is 6.92 Å². The molecule has 1 heterocycles. The van der Waals surface area contributed by atoms with Gasteiger partial charge in [-0.25, -0.2) is 0 Å². The number of carbonyl (C=O) groups is 2. The van der Waals surface area contributed by atoms with Crippen molar-refractivity contribution in [3.63, 3.8) is 0 Å². The topological polar surface area (TPSA) is 58.6 Å². The Morgan fingerprint density at radius 2 is 1.95 bits per heavy atom. The van der Waals surface area contributed by atoms with Crippen LogP contribution in [0.1, 0.15) is 47.0 Å². The first-order valence-electron chi connectivity index (χ1n) is 7.64. The number of rotatable bonds is 6. The van der Waals surface area contributed by atoms with Crippen LogP contribution in [0.5, 0.6) is 0 Å². The van der Waals surface area contributed by atoms with Crippen molar-refractivity contribution < 1.29 is 14.3 Å². The lowest BCUT2D eigenvalue weighted by Gasteiger charge is -2.42. The number of amides is 2. The molecule has 114 valence electrons. The number of hydrogen-bond donors (Lipinski definition) is 1. The molecule has 2 unspecified atom stereocenters. The third-order valence-electron chi connectivity index (χ3n) is 4.09. The van der Waals surface area contributed by atoms with Crippen molar-refractivity contribution >= 4 is 11.8 Å². The maximum Gasteiger partial charge on any atom is 0.246 e. The van der Waals surface area contributed by atoms with Crippen molar-refractivity contribution in [2.75, 3.05) is 13.2 Å². The van der Waals surface area contributed by atoms with Gasteiger partial charge >= 0.3 is 0 Å². The summed E-state index contributed by atoms with van der Waals surface area (Å²) in [4.78, 5) is 26.6. The van der Waals surface area contributed by atoms with Gasteiger partial charge in [0, 0.05) is 6.61 Å². The van der Waals surface area contributed by atoms with Crippen LogP contribution in [0.15, 0.2) is 0 Å². The second kappa shape index (κ2) is 5.72. The van der Waals surface area contributed by atoms with E-state index in [9.17, 15) is 9.59 Å². The summed E-state index contributed by atoms with van der Waals surface area (Å²) in [5.74, 6) is 0.380. The van der Waals surface area contributed by atoms with Gasteiger partial charge in [-0.05, 0) is 46.0 Å². The van der Waals surface area contributed by atoms with Crippen LogP contribution < -0.4 is 5.32 Å². The van der Waals surface area contributed by atoms with Crippen LogP contribution in [0.3, 0.4) is 0 Å². The molecule has 0 aromatic rings. The van der Waals surface area contributed by atoms with Crippen LogP contribution in [0, 0.1) is 5.92 Å². The Balaban J connectivity index is 2.15. The Labute approximate surface area is 121 Å². The van der Waals surface area contributed by atoms with Crippen molar-refractivity contribution in [1.82, 2.24) is 10.2 Å². The molecule has 1 aliphatic heterocycles. The molecule has 0 bridgehead atoms. The Hall–Kier alpha value is -1.10. The molecule has 1 aliphatic carbocycles. The highest BCUT2D eigenvalue weighted by Gasteiger charge is 2.47. The Bertz CT molecular complexity index is 391. The molecule has 5 nitrogen and oxygen atoms in total. The van der Waals surface area contributed by atoms with E-state index in [1.165, 1.54) is 0 Å². The number of hydrogen-bond acceptors (Lipinski definition) is 3.